The van der Waals surface area contributed by atoms with Gasteiger partial charge in [0.15, 0.2) is 11.3 Å². The van der Waals surface area contributed by atoms with Crippen molar-refractivity contribution >= 4 is 55.4 Å². The second kappa shape index (κ2) is 34.3. The largest absolute Gasteiger partial charge is 0.524 e. The number of rotatable bonds is 31. The summed E-state index contributed by atoms with van der Waals surface area (Å²) < 4.78 is 197. The Labute approximate surface area is 630 Å². The molecule has 6 N–H and O–H groups in total. The van der Waals surface area contributed by atoms with Gasteiger partial charge in [-0.1, -0.05) is 57.7 Å². The highest BCUT2D eigenvalue weighted by molar-refractivity contribution is 7.46. The fourth-order valence-corrected chi connectivity index (χ4v) is 14.6. The maximum absolute atomic E-state index is 16.9. The molecule has 3 amide bonds. The summed E-state index contributed by atoms with van der Waals surface area (Å²) in [6.07, 6.45) is -13.7. The highest BCUT2D eigenvalue weighted by Crippen LogP contribution is 2.48. The fourth-order valence-electron chi connectivity index (χ4n) is 14.2. The molecule has 2 bridgehead atoms. The third-order valence-corrected chi connectivity index (χ3v) is 21.0. The molecule has 27 nitrogen and oxygen atoms in total. The van der Waals surface area contributed by atoms with Gasteiger partial charge >= 0.3 is 50.7 Å². The van der Waals surface area contributed by atoms with Crippen LogP contribution in [0.4, 0.5) is 54.6 Å². The molecule has 3 aromatic carbocycles. The summed E-state index contributed by atoms with van der Waals surface area (Å²) in [6, 6.07) is 8.85. The first kappa shape index (κ1) is 85.7. The Morgan fingerprint density at radius 3 is 1.95 bits per heavy atom. The van der Waals surface area contributed by atoms with Crippen molar-refractivity contribution in [2.24, 2.45) is 22.7 Å². The number of hydrazine groups is 1. The van der Waals surface area contributed by atoms with E-state index in [1.54, 1.807) is 0 Å². The number of anilines is 1. The minimum atomic E-state index is -5.60. The number of nitrogens with one attached hydrogen (secondary N) is 3. The number of amides is 3. The van der Waals surface area contributed by atoms with Crippen molar-refractivity contribution in [1.82, 2.24) is 45.7 Å². The number of aromatic nitrogens is 4. The topological polar surface area (TPSA) is 342 Å². The van der Waals surface area contributed by atoms with E-state index in [4.69, 9.17) is 18.7 Å². The first-order valence-electron chi connectivity index (χ1n) is 35.0. The Morgan fingerprint density at radius 1 is 0.802 bits per heavy atom. The summed E-state index contributed by atoms with van der Waals surface area (Å²) in [5.41, 5.74) is -9.41. The van der Waals surface area contributed by atoms with Crippen LogP contribution in [0.15, 0.2) is 73.2 Å². The standard InChI is InChI=1S/C73H85F10N10O17P/c1-40-22-46(28-58(95)87-71(64(99)100)19-21-107-39-71)61(56(23-40)110-111(102,103)104)68(2,3)30-60(97)109-57(36-91(89-63(98)51(29-59(96)105-8)69(4,5)72(78,79)80)35-50-52(74)25-44(26-53(50)75)54-18-20-92(88-54)65(76)77)45(27-55(94)62(86-67(101)106-9)70(6,7)73(81,82)83)24-42-13-10-41(11-14-42)12-15-43-31-84-66(85-32-43)90-33-47-16-17-48(34-90)93(47)49-37-108-38-49/h10-11,13-14,18,20,22-23,25-26,31-32,45,47-49,51,57,62,65H,16-17,19,21,24,27-30,33-39H2,1-9H3,(H,86,101)(H,87,95)(H,89,98)(H,99,100)(H2,102,103,104)/t45-,47?,48?,51-,57+,62-,71-/m1/s1. The van der Waals surface area contributed by atoms with Gasteiger partial charge in [0, 0.05) is 103 Å². The highest BCUT2D eigenvalue weighted by Gasteiger charge is 2.58. The Bertz CT molecular complexity index is 4330. The predicted octanol–water partition coefficient (Wildman–Crippen LogP) is 9.16. The van der Waals surface area contributed by atoms with Gasteiger partial charge in [-0.3, -0.25) is 44.1 Å². The number of alkyl carbamates (subject to hydrolysis) is 1. The number of carboxylic acid groups (broad SMARTS) is 1. The number of piperazine rings is 1. The summed E-state index contributed by atoms with van der Waals surface area (Å²) in [5, 5.41) is 18.7. The van der Waals surface area contributed by atoms with Gasteiger partial charge < -0.3 is 48.8 Å². The van der Waals surface area contributed by atoms with Gasteiger partial charge in [-0.2, -0.15) is 40.2 Å². The number of benzene rings is 3. The molecule has 0 spiro atoms. The van der Waals surface area contributed by atoms with Gasteiger partial charge in [0.25, 0.3) is 0 Å². The molecule has 2 aromatic heterocycles. The number of ether oxygens (including phenoxy) is 5. The lowest BCUT2D eigenvalue weighted by molar-refractivity contribution is -0.231. The molecule has 4 aliphatic heterocycles. The molecular weight excluding hydrogens is 1510 g/mol. The first-order chi connectivity index (χ1) is 51.8. The zero-order valence-electron chi connectivity index (χ0n) is 61.8. The summed E-state index contributed by atoms with van der Waals surface area (Å²) in [7, 11) is -4.03. The van der Waals surface area contributed by atoms with Gasteiger partial charge in [0.2, 0.25) is 17.8 Å². The molecule has 4 aliphatic rings. The van der Waals surface area contributed by atoms with Crippen molar-refractivity contribution in [3.63, 3.8) is 0 Å². The first-order valence-corrected chi connectivity index (χ1v) is 36.5. The Kier molecular flexibility index (Phi) is 26.5. The number of carboxylic acids is 1. The number of aliphatic carboxylic acids is 1. The molecule has 7 atom stereocenters. The number of ketones is 1. The van der Waals surface area contributed by atoms with Crippen molar-refractivity contribution in [2.75, 3.05) is 65.2 Å². The number of aryl methyl sites for hydroxylation is 1. The van der Waals surface area contributed by atoms with E-state index in [9.17, 15) is 52.2 Å². The lowest BCUT2D eigenvalue weighted by Crippen LogP contribution is -2.62. The molecule has 0 radical (unpaired) electrons. The Balaban J connectivity index is 1.17. The number of Topliss-reactive ketones (excluding diaryl/α,β-unsaturated/α-hetero) is 1. The van der Waals surface area contributed by atoms with Crippen LogP contribution in [-0.2, 0) is 81.8 Å². The summed E-state index contributed by atoms with van der Waals surface area (Å²) in [4.78, 5) is 133. The summed E-state index contributed by atoms with van der Waals surface area (Å²) >= 11 is 0. The van der Waals surface area contributed by atoms with Crippen molar-refractivity contribution < 1.29 is 125 Å². The number of halogens is 10. The quantitative estimate of drug-likeness (QED) is 0.00601. The van der Waals surface area contributed by atoms with Gasteiger partial charge in [0.1, 0.15) is 29.5 Å². The summed E-state index contributed by atoms with van der Waals surface area (Å²) in [5.74, 6) is -10.1. The minimum absolute atomic E-state index is 0.0762. The van der Waals surface area contributed by atoms with Crippen molar-refractivity contribution in [3.8, 4) is 28.8 Å². The zero-order valence-corrected chi connectivity index (χ0v) is 62.7. The van der Waals surface area contributed by atoms with Crippen LogP contribution in [0.3, 0.4) is 0 Å². The molecule has 0 saturated carbocycles. The molecule has 604 valence electrons. The number of carbonyl (C=O) groups is 7. The molecule has 38 heteroatoms. The zero-order chi connectivity index (χ0) is 81.7. The number of phosphoric acid groups is 1. The van der Waals surface area contributed by atoms with Gasteiger partial charge in [0.05, 0.1) is 93.9 Å². The molecule has 4 fully saturated rings. The van der Waals surface area contributed by atoms with Crippen LogP contribution in [0.1, 0.15) is 126 Å². The SMILES string of the molecule is COC(=O)C[C@H](C(=O)NN(Cc1c(F)cc(-c2ccn(C(F)F)n2)cc1F)C[C@H](OC(=O)CC(C)(C)c1c(CC(=O)N[C@]2(C(=O)O)CCOC2)cc(C)cc1OP(=O)(O)O)[C@@H](CC(=O)[C@@H](NC(=O)OC)C(C)(C)C(F)(F)F)Cc1ccc(C#Cc2cnc(N3CC4CCC(C3)N4C3COC3)nc2)cc1)C(C)(C)C(F)(F)F. The van der Waals surface area contributed by atoms with E-state index in [-0.39, 0.29) is 40.0 Å². The predicted molar refractivity (Wildman–Crippen MR) is 372 cm³/mol. The maximum Gasteiger partial charge on any atom is 0.524 e. The average molecular weight is 1600 g/mol. The fraction of sp³-hybridized carbons (Fsp3) is 0.534. The van der Waals surface area contributed by atoms with E-state index in [0.29, 0.717) is 106 Å². The monoisotopic (exact) mass is 1590 g/mol. The molecule has 9 rings (SSSR count). The lowest BCUT2D eigenvalue weighted by Gasteiger charge is -2.47. The van der Waals surface area contributed by atoms with Crippen LogP contribution < -0.4 is 25.5 Å². The Morgan fingerprint density at radius 2 is 1.42 bits per heavy atom. The normalized spacial score (nSPS) is 18.9. The number of fused-ring (bicyclic) bond motifs is 2. The molecular formula is C73H85F10N10O17P. The highest BCUT2D eigenvalue weighted by atomic mass is 31.2. The third-order valence-electron chi connectivity index (χ3n) is 20.5. The van der Waals surface area contributed by atoms with E-state index < -0.39 is 200 Å². The van der Waals surface area contributed by atoms with Crippen LogP contribution in [0.5, 0.6) is 5.75 Å². The van der Waals surface area contributed by atoms with Crippen LogP contribution in [0.25, 0.3) is 11.3 Å². The van der Waals surface area contributed by atoms with Gasteiger partial charge in [-0.25, -0.2) is 42.6 Å². The number of nitrogens with zero attached hydrogens (tertiary/aromatic N) is 7. The third kappa shape index (κ3) is 20.7. The second-order valence-corrected chi connectivity index (χ2v) is 30.9. The number of hydrogen-bond acceptors (Lipinski definition) is 20. The maximum atomic E-state index is 16.9. The van der Waals surface area contributed by atoms with E-state index in [2.05, 4.69) is 56.9 Å². The molecule has 6 heterocycles. The van der Waals surface area contributed by atoms with E-state index >= 15 is 44.7 Å². The van der Waals surface area contributed by atoms with Crippen LogP contribution in [0.2, 0.25) is 0 Å². The minimum Gasteiger partial charge on any atom is -0.479 e. The lowest BCUT2D eigenvalue weighted by atomic mass is 9.75. The number of hydrogen-bond donors (Lipinski definition) is 6. The second-order valence-electron chi connectivity index (χ2n) is 29.7. The molecule has 0 aliphatic carbocycles. The molecule has 111 heavy (non-hydrogen) atoms. The number of carbonyl (C=O) groups excluding carboxylic acids is 6. The number of methoxy groups -OCH3 is 2. The van der Waals surface area contributed by atoms with Crippen molar-refractivity contribution in [2.45, 2.75) is 167 Å². The number of phosphoric ester groups is 1. The summed E-state index contributed by atoms with van der Waals surface area (Å²) in [6.45, 7) is 2.59. The van der Waals surface area contributed by atoms with Crippen LogP contribution >= 0.6 is 7.82 Å². The van der Waals surface area contributed by atoms with E-state index in [1.165, 1.54) is 63.5 Å². The smallest absolute Gasteiger partial charge is 0.479 e. The molecule has 2 unspecified atom stereocenters. The van der Waals surface area contributed by atoms with E-state index in [0.717, 1.165) is 45.4 Å². The number of alkyl halides is 8. The molecule has 4 saturated heterocycles. The van der Waals surface area contributed by atoms with Crippen molar-refractivity contribution in [1.29, 1.82) is 0 Å². The average Bonchev–Trinajstić information content (AvgIpc) is 1.73. The molecule has 5 aromatic rings. The Hall–Kier alpha value is -9.31. The van der Waals surface area contributed by atoms with Gasteiger partial charge in [-0.15, -0.1) is 0 Å². The number of esters is 2. The van der Waals surface area contributed by atoms with Gasteiger partial charge in [-0.05, 0) is 93.1 Å². The van der Waals surface area contributed by atoms with Crippen LogP contribution in [0, 0.1) is 53.1 Å². The van der Waals surface area contributed by atoms with Crippen LogP contribution in [-0.4, -0.2) is 195 Å². The van der Waals surface area contributed by atoms with Crippen molar-refractivity contribution in [3.05, 3.63) is 124 Å². The van der Waals surface area contributed by atoms with E-state index in [1.807, 2.05) is 5.32 Å².